The molecule has 0 saturated carbocycles. The summed E-state index contributed by atoms with van der Waals surface area (Å²) in [6.07, 6.45) is 0.134. The second-order valence-electron chi connectivity index (χ2n) is 6.82. The zero-order valence-corrected chi connectivity index (χ0v) is 17.2. The number of hydrogen-bond donors (Lipinski definition) is 2. The molecule has 0 spiro atoms. The van der Waals surface area contributed by atoms with Gasteiger partial charge in [-0.25, -0.2) is 0 Å². The van der Waals surface area contributed by atoms with Gasteiger partial charge in [0.05, 0.1) is 48.3 Å². The normalized spacial score (nSPS) is 12.0. The molecule has 0 aromatic heterocycles. The molecule has 1 aliphatic rings. The summed E-state index contributed by atoms with van der Waals surface area (Å²) < 4.78 is 10.0. The van der Waals surface area contributed by atoms with Gasteiger partial charge < -0.3 is 20.1 Å². The van der Waals surface area contributed by atoms with Crippen molar-refractivity contribution >= 4 is 40.5 Å². The predicted molar refractivity (Wildman–Crippen MR) is 117 cm³/mol. The number of fused-ring (bicyclic) bond motifs is 2. The molecule has 152 valence electrons. The van der Waals surface area contributed by atoms with Gasteiger partial charge in [-0.05, 0) is 53.1 Å². The molecule has 6 nitrogen and oxygen atoms in total. The number of rotatable bonds is 4. The molecule has 1 heterocycles. The lowest BCUT2D eigenvalue weighted by Gasteiger charge is -2.12. The molecule has 0 fully saturated rings. The molecule has 2 N–H and O–H groups in total. The van der Waals surface area contributed by atoms with Gasteiger partial charge in [0.25, 0.3) is 5.91 Å². The van der Waals surface area contributed by atoms with Gasteiger partial charge in [-0.1, -0.05) is 29.8 Å². The summed E-state index contributed by atoms with van der Waals surface area (Å²) in [5.74, 6) is 0.0131. The van der Waals surface area contributed by atoms with Crippen LogP contribution >= 0.6 is 11.6 Å². The number of benzene rings is 3. The van der Waals surface area contributed by atoms with E-state index in [1.165, 1.54) is 7.11 Å². The number of amides is 1. The van der Waals surface area contributed by atoms with Gasteiger partial charge in [0.15, 0.2) is 0 Å². The number of nitrogens with one attached hydrogen (secondary N) is 2. The maximum atomic E-state index is 12.8. The quantitative estimate of drug-likeness (QED) is 0.576. The summed E-state index contributed by atoms with van der Waals surface area (Å²) in [4.78, 5) is 24.3. The molecule has 0 saturated heterocycles. The molecule has 30 heavy (non-hydrogen) atoms. The Morgan fingerprint density at radius 3 is 2.43 bits per heavy atom. The minimum Gasteiger partial charge on any atom is -0.495 e. The molecule has 1 aliphatic heterocycles. The number of esters is 1. The van der Waals surface area contributed by atoms with E-state index in [4.69, 9.17) is 21.1 Å². The van der Waals surface area contributed by atoms with Crippen molar-refractivity contribution < 1.29 is 19.1 Å². The van der Waals surface area contributed by atoms with Crippen LogP contribution in [0.15, 0.2) is 54.6 Å². The molecule has 0 aliphatic carbocycles. The van der Waals surface area contributed by atoms with E-state index in [1.54, 1.807) is 25.3 Å². The second kappa shape index (κ2) is 8.08. The van der Waals surface area contributed by atoms with Crippen molar-refractivity contribution in [3.05, 3.63) is 70.7 Å². The molecule has 0 radical (unpaired) electrons. The molecule has 4 rings (SSSR count). The van der Waals surface area contributed by atoms with Gasteiger partial charge in [-0.2, -0.15) is 0 Å². The molecule has 3 aromatic carbocycles. The first kappa shape index (κ1) is 19.8. The van der Waals surface area contributed by atoms with E-state index in [-0.39, 0.29) is 18.3 Å². The van der Waals surface area contributed by atoms with E-state index < -0.39 is 0 Å². The molecule has 3 aromatic rings. The van der Waals surface area contributed by atoms with Crippen LogP contribution in [0.2, 0.25) is 5.02 Å². The molecule has 1 amide bonds. The number of hydrogen-bond acceptors (Lipinski definition) is 5. The SMILES string of the molecule is COC(=O)Cc1ccc2c(c1)NC(=O)c1ccc(-c3ccc(Cl)c(OC)c3)cc1N2. The lowest BCUT2D eigenvalue weighted by Crippen LogP contribution is -2.11. The molecule has 0 atom stereocenters. The number of halogens is 1. The van der Waals surface area contributed by atoms with E-state index in [2.05, 4.69) is 10.6 Å². The Bertz CT molecular complexity index is 1160. The minimum atomic E-state index is -0.339. The molecular weight excluding hydrogens is 404 g/mol. The summed E-state index contributed by atoms with van der Waals surface area (Å²) in [6, 6.07) is 16.5. The van der Waals surface area contributed by atoms with Crippen LogP contribution in [0, 0.1) is 0 Å². The first-order chi connectivity index (χ1) is 14.5. The van der Waals surface area contributed by atoms with Crippen molar-refractivity contribution in [2.24, 2.45) is 0 Å². The van der Waals surface area contributed by atoms with E-state index in [9.17, 15) is 9.59 Å². The summed E-state index contributed by atoms with van der Waals surface area (Å²) in [5.41, 5.74) is 5.12. The fraction of sp³-hybridized carbons (Fsp3) is 0.130. The largest absolute Gasteiger partial charge is 0.495 e. The van der Waals surface area contributed by atoms with Gasteiger partial charge in [-0.3, -0.25) is 9.59 Å². The Morgan fingerprint density at radius 2 is 1.67 bits per heavy atom. The average Bonchev–Trinajstić information content (AvgIpc) is 2.89. The Balaban J connectivity index is 1.70. The molecule has 7 heteroatoms. The van der Waals surface area contributed by atoms with E-state index >= 15 is 0 Å². The number of carbonyl (C=O) groups is 2. The number of methoxy groups -OCH3 is 2. The van der Waals surface area contributed by atoms with Crippen LogP contribution in [-0.2, 0) is 16.0 Å². The summed E-state index contributed by atoms with van der Waals surface area (Å²) in [7, 11) is 2.92. The van der Waals surface area contributed by atoms with Crippen LogP contribution in [0.1, 0.15) is 15.9 Å². The smallest absolute Gasteiger partial charge is 0.309 e. The van der Waals surface area contributed by atoms with Crippen LogP contribution in [0.5, 0.6) is 5.75 Å². The third-order valence-corrected chi connectivity index (χ3v) is 5.24. The van der Waals surface area contributed by atoms with Crippen LogP contribution in [-0.4, -0.2) is 26.1 Å². The maximum Gasteiger partial charge on any atom is 0.309 e. The van der Waals surface area contributed by atoms with Gasteiger partial charge >= 0.3 is 5.97 Å². The second-order valence-corrected chi connectivity index (χ2v) is 7.23. The highest BCUT2D eigenvalue weighted by Crippen LogP contribution is 2.36. The molecule has 0 bridgehead atoms. The third kappa shape index (κ3) is 3.82. The highest BCUT2D eigenvalue weighted by molar-refractivity contribution is 6.32. The maximum absolute atomic E-state index is 12.8. The van der Waals surface area contributed by atoms with Crippen LogP contribution in [0.4, 0.5) is 17.1 Å². The van der Waals surface area contributed by atoms with Gasteiger partial charge in [0, 0.05) is 0 Å². The predicted octanol–water partition coefficient (Wildman–Crippen LogP) is 5.04. The number of anilines is 3. The van der Waals surface area contributed by atoms with Crippen LogP contribution < -0.4 is 15.4 Å². The third-order valence-electron chi connectivity index (χ3n) is 4.93. The van der Waals surface area contributed by atoms with Gasteiger partial charge in [0.2, 0.25) is 0 Å². The van der Waals surface area contributed by atoms with Crippen molar-refractivity contribution in [1.29, 1.82) is 0 Å². The fourth-order valence-electron chi connectivity index (χ4n) is 3.35. The highest BCUT2D eigenvalue weighted by atomic mass is 35.5. The van der Waals surface area contributed by atoms with E-state index in [0.717, 1.165) is 22.4 Å². The molecule has 0 unspecified atom stereocenters. The molecular formula is C23H19ClN2O4. The summed E-state index contributed by atoms with van der Waals surface area (Å²) >= 11 is 6.13. The van der Waals surface area contributed by atoms with Crippen molar-refractivity contribution in [3.8, 4) is 16.9 Å². The highest BCUT2D eigenvalue weighted by Gasteiger charge is 2.20. The standard InChI is InChI=1S/C23H19ClN2O4/c1-29-21-12-15(5-7-17(21)24)14-4-6-16-19(11-14)25-18-8-3-13(10-22(27)30-2)9-20(18)26-23(16)28/h3-9,11-12,25H,10H2,1-2H3,(H,26,28). The average molecular weight is 423 g/mol. The summed E-state index contributed by atoms with van der Waals surface area (Å²) in [5, 5.41) is 6.76. The van der Waals surface area contributed by atoms with Gasteiger partial charge in [-0.15, -0.1) is 0 Å². The zero-order chi connectivity index (χ0) is 21.3. The van der Waals surface area contributed by atoms with Crippen molar-refractivity contribution in [2.45, 2.75) is 6.42 Å². The van der Waals surface area contributed by atoms with E-state index in [0.29, 0.717) is 27.7 Å². The van der Waals surface area contributed by atoms with Gasteiger partial charge in [0.1, 0.15) is 5.75 Å². The first-order valence-electron chi connectivity index (χ1n) is 9.24. The number of ether oxygens (including phenoxy) is 2. The van der Waals surface area contributed by atoms with Crippen LogP contribution in [0.25, 0.3) is 11.1 Å². The Labute approximate surface area is 178 Å². The number of carbonyl (C=O) groups excluding carboxylic acids is 2. The summed E-state index contributed by atoms with van der Waals surface area (Å²) in [6.45, 7) is 0. The Morgan fingerprint density at radius 1 is 0.900 bits per heavy atom. The fourth-order valence-corrected chi connectivity index (χ4v) is 3.55. The minimum absolute atomic E-state index is 0.134. The van der Waals surface area contributed by atoms with Crippen molar-refractivity contribution in [1.82, 2.24) is 0 Å². The topological polar surface area (TPSA) is 76.7 Å². The Hall–Kier alpha value is -3.51. The van der Waals surface area contributed by atoms with Crippen molar-refractivity contribution in [3.63, 3.8) is 0 Å². The van der Waals surface area contributed by atoms with E-state index in [1.807, 2.05) is 36.4 Å². The monoisotopic (exact) mass is 422 g/mol. The lowest BCUT2D eigenvalue weighted by molar-refractivity contribution is -0.139. The Kier molecular flexibility index (Phi) is 5.33. The van der Waals surface area contributed by atoms with Crippen molar-refractivity contribution in [2.75, 3.05) is 24.9 Å². The zero-order valence-electron chi connectivity index (χ0n) is 16.4. The lowest BCUT2D eigenvalue weighted by atomic mass is 10.0. The van der Waals surface area contributed by atoms with Crippen LogP contribution in [0.3, 0.4) is 0 Å². The first-order valence-corrected chi connectivity index (χ1v) is 9.62.